The van der Waals surface area contributed by atoms with E-state index in [1.165, 1.54) is 5.56 Å². The highest BCUT2D eigenvalue weighted by molar-refractivity contribution is 6.05. The fourth-order valence-corrected chi connectivity index (χ4v) is 2.52. The molecule has 3 heterocycles. The molecule has 0 fully saturated rings. The van der Waals surface area contributed by atoms with Gasteiger partial charge in [-0.25, -0.2) is 9.97 Å². The summed E-state index contributed by atoms with van der Waals surface area (Å²) in [6.07, 6.45) is 6.09. The standard InChI is InChI=1S/C17H14N4O/c1-2-6-14-13(5-1)15-16(22-14)17(21-11-20-15)19-9-7-12-4-3-8-18-10-12/h1-6,8,10-11H,7,9H2,(H,19,20,21). The van der Waals surface area contributed by atoms with Crippen LogP contribution >= 0.6 is 0 Å². The summed E-state index contributed by atoms with van der Waals surface area (Å²) in [5.41, 5.74) is 3.56. The lowest BCUT2D eigenvalue weighted by Crippen LogP contribution is -2.06. The highest BCUT2D eigenvalue weighted by Gasteiger charge is 2.12. The Morgan fingerprint density at radius 3 is 2.91 bits per heavy atom. The average molecular weight is 290 g/mol. The molecule has 0 atom stereocenters. The van der Waals surface area contributed by atoms with E-state index in [0.29, 0.717) is 5.58 Å². The number of anilines is 1. The first-order valence-corrected chi connectivity index (χ1v) is 7.17. The van der Waals surface area contributed by atoms with Gasteiger partial charge in [-0.15, -0.1) is 0 Å². The molecule has 0 aliphatic heterocycles. The van der Waals surface area contributed by atoms with Crippen molar-refractivity contribution in [3.63, 3.8) is 0 Å². The summed E-state index contributed by atoms with van der Waals surface area (Å²) in [5, 5.41) is 4.33. The molecule has 0 saturated carbocycles. The highest BCUT2D eigenvalue weighted by atomic mass is 16.3. The molecule has 108 valence electrons. The van der Waals surface area contributed by atoms with Crippen molar-refractivity contribution in [2.75, 3.05) is 11.9 Å². The van der Waals surface area contributed by atoms with Crippen LogP contribution in [0.4, 0.5) is 5.82 Å². The van der Waals surface area contributed by atoms with Crippen molar-refractivity contribution in [1.29, 1.82) is 0 Å². The number of fused-ring (bicyclic) bond motifs is 3. The third kappa shape index (κ3) is 2.26. The molecule has 1 N–H and O–H groups in total. The lowest BCUT2D eigenvalue weighted by molar-refractivity contribution is 0.666. The number of furan rings is 1. The van der Waals surface area contributed by atoms with Crippen LogP contribution in [-0.2, 0) is 6.42 Å². The molecule has 5 heteroatoms. The van der Waals surface area contributed by atoms with Crippen molar-refractivity contribution in [3.05, 3.63) is 60.7 Å². The second-order valence-electron chi connectivity index (χ2n) is 5.04. The zero-order chi connectivity index (χ0) is 14.8. The Hall–Kier alpha value is -2.95. The maximum Gasteiger partial charge on any atom is 0.196 e. The first kappa shape index (κ1) is 12.8. The Labute approximate surface area is 127 Å². The summed E-state index contributed by atoms with van der Waals surface area (Å²) in [5.74, 6) is 0.727. The Morgan fingerprint density at radius 2 is 2.00 bits per heavy atom. The molecule has 0 radical (unpaired) electrons. The number of para-hydroxylation sites is 1. The van der Waals surface area contributed by atoms with Gasteiger partial charge in [0.25, 0.3) is 0 Å². The van der Waals surface area contributed by atoms with Crippen molar-refractivity contribution < 1.29 is 4.42 Å². The summed E-state index contributed by atoms with van der Waals surface area (Å²) in [6, 6.07) is 11.9. The van der Waals surface area contributed by atoms with E-state index in [9.17, 15) is 0 Å². The normalized spacial score (nSPS) is 11.1. The Balaban J connectivity index is 1.61. The number of pyridine rings is 1. The van der Waals surface area contributed by atoms with Gasteiger partial charge in [0.2, 0.25) is 0 Å². The minimum Gasteiger partial charge on any atom is -0.450 e. The van der Waals surface area contributed by atoms with E-state index < -0.39 is 0 Å². The van der Waals surface area contributed by atoms with Gasteiger partial charge in [-0.3, -0.25) is 4.98 Å². The zero-order valence-corrected chi connectivity index (χ0v) is 11.9. The maximum absolute atomic E-state index is 5.89. The number of benzene rings is 1. The smallest absolute Gasteiger partial charge is 0.196 e. The van der Waals surface area contributed by atoms with Gasteiger partial charge in [-0.05, 0) is 30.2 Å². The third-order valence-electron chi connectivity index (χ3n) is 3.59. The molecule has 0 aliphatic rings. The predicted molar refractivity (Wildman–Crippen MR) is 85.7 cm³/mol. The maximum atomic E-state index is 5.89. The molecule has 0 aliphatic carbocycles. The van der Waals surface area contributed by atoms with Crippen LogP contribution in [0.3, 0.4) is 0 Å². The van der Waals surface area contributed by atoms with Gasteiger partial charge < -0.3 is 9.73 Å². The van der Waals surface area contributed by atoms with E-state index >= 15 is 0 Å². The molecule has 22 heavy (non-hydrogen) atoms. The van der Waals surface area contributed by atoms with Crippen LogP contribution in [0.15, 0.2) is 59.5 Å². The van der Waals surface area contributed by atoms with E-state index in [1.807, 2.05) is 36.5 Å². The van der Waals surface area contributed by atoms with E-state index in [1.54, 1.807) is 12.5 Å². The Bertz CT molecular complexity index is 918. The monoisotopic (exact) mass is 290 g/mol. The van der Waals surface area contributed by atoms with Crippen LogP contribution in [0.25, 0.3) is 22.1 Å². The van der Waals surface area contributed by atoms with E-state index in [4.69, 9.17) is 4.42 Å². The SMILES string of the molecule is c1cncc(CCNc2ncnc3c2oc2ccccc23)c1. The van der Waals surface area contributed by atoms with Crippen LogP contribution in [-0.4, -0.2) is 21.5 Å². The second-order valence-corrected chi connectivity index (χ2v) is 5.04. The van der Waals surface area contributed by atoms with Crippen LogP contribution in [0.2, 0.25) is 0 Å². The number of hydrogen-bond acceptors (Lipinski definition) is 5. The number of rotatable bonds is 4. The first-order chi connectivity index (χ1) is 10.9. The van der Waals surface area contributed by atoms with E-state index in [-0.39, 0.29) is 0 Å². The number of aromatic nitrogens is 3. The first-order valence-electron chi connectivity index (χ1n) is 7.17. The van der Waals surface area contributed by atoms with Crippen LogP contribution in [0, 0.1) is 0 Å². The Kier molecular flexibility index (Phi) is 3.16. The van der Waals surface area contributed by atoms with Gasteiger partial charge >= 0.3 is 0 Å². The Morgan fingerprint density at radius 1 is 1.05 bits per heavy atom. The molecule has 4 aromatic rings. The summed E-state index contributed by atoms with van der Waals surface area (Å²) >= 11 is 0. The molecule has 0 amide bonds. The fraction of sp³-hybridized carbons (Fsp3) is 0.118. The largest absolute Gasteiger partial charge is 0.450 e. The van der Waals surface area contributed by atoms with Gasteiger partial charge in [0.15, 0.2) is 11.4 Å². The molecular formula is C17H14N4O. The molecule has 0 bridgehead atoms. The summed E-state index contributed by atoms with van der Waals surface area (Å²) in [6.45, 7) is 0.759. The lowest BCUT2D eigenvalue weighted by Gasteiger charge is -2.05. The number of hydrogen-bond donors (Lipinski definition) is 1. The van der Waals surface area contributed by atoms with Crippen LogP contribution in [0.1, 0.15) is 5.56 Å². The van der Waals surface area contributed by atoms with E-state index in [2.05, 4.69) is 26.3 Å². The van der Waals surface area contributed by atoms with Gasteiger partial charge in [-0.1, -0.05) is 18.2 Å². The van der Waals surface area contributed by atoms with Crippen molar-refractivity contribution in [1.82, 2.24) is 15.0 Å². The summed E-state index contributed by atoms with van der Waals surface area (Å²) in [4.78, 5) is 12.8. The van der Waals surface area contributed by atoms with Gasteiger partial charge in [-0.2, -0.15) is 0 Å². The molecule has 0 saturated heterocycles. The average Bonchev–Trinajstić information content (AvgIpc) is 2.96. The minimum absolute atomic E-state index is 0.704. The molecule has 1 aromatic carbocycles. The van der Waals surface area contributed by atoms with Crippen molar-refractivity contribution in [2.45, 2.75) is 6.42 Å². The fourth-order valence-electron chi connectivity index (χ4n) is 2.52. The van der Waals surface area contributed by atoms with Crippen LogP contribution < -0.4 is 5.32 Å². The van der Waals surface area contributed by atoms with E-state index in [0.717, 1.165) is 35.3 Å². The summed E-state index contributed by atoms with van der Waals surface area (Å²) in [7, 11) is 0. The third-order valence-corrected chi connectivity index (χ3v) is 3.59. The molecular weight excluding hydrogens is 276 g/mol. The predicted octanol–water partition coefficient (Wildman–Crippen LogP) is 3.43. The molecule has 5 nitrogen and oxygen atoms in total. The van der Waals surface area contributed by atoms with Crippen molar-refractivity contribution in [3.8, 4) is 0 Å². The molecule has 4 rings (SSSR count). The van der Waals surface area contributed by atoms with Crippen molar-refractivity contribution in [2.24, 2.45) is 0 Å². The lowest BCUT2D eigenvalue weighted by atomic mass is 10.2. The quantitative estimate of drug-likeness (QED) is 0.624. The van der Waals surface area contributed by atoms with Crippen molar-refractivity contribution >= 4 is 27.9 Å². The zero-order valence-electron chi connectivity index (χ0n) is 11.9. The second kappa shape index (κ2) is 5.44. The van der Waals surface area contributed by atoms with Gasteiger partial charge in [0, 0.05) is 24.3 Å². The van der Waals surface area contributed by atoms with Crippen LogP contribution in [0.5, 0.6) is 0 Å². The molecule has 0 unspecified atom stereocenters. The summed E-state index contributed by atoms with van der Waals surface area (Å²) < 4.78 is 5.89. The molecule has 3 aromatic heterocycles. The highest BCUT2D eigenvalue weighted by Crippen LogP contribution is 2.30. The number of nitrogens with one attached hydrogen (secondary N) is 1. The van der Waals surface area contributed by atoms with Gasteiger partial charge in [0.1, 0.15) is 17.4 Å². The topological polar surface area (TPSA) is 63.8 Å². The molecule has 0 spiro atoms. The van der Waals surface area contributed by atoms with Gasteiger partial charge in [0.05, 0.1) is 0 Å². The number of nitrogens with zero attached hydrogens (tertiary/aromatic N) is 3. The minimum atomic E-state index is 0.704.